The monoisotopic (exact) mass is 460 g/mol. The van der Waals surface area contributed by atoms with Crippen molar-refractivity contribution in [2.75, 3.05) is 27.9 Å². The van der Waals surface area contributed by atoms with Crippen molar-refractivity contribution in [2.45, 2.75) is 31.7 Å². The van der Waals surface area contributed by atoms with Gasteiger partial charge in [-0.25, -0.2) is 0 Å². The van der Waals surface area contributed by atoms with E-state index in [-0.39, 0.29) is 6.04 Å². The number of aromatic nitrogens is 1. The van der Waals surface area contributed by atoms with Crippen molar-refractivity contribution < 1.29 is 27.4 Å². The maximum atomic E-state index is 13.3. The standard InChI is InChI=1S/C25H27F3N2O3/c1-31-21-15-23(33-3)22(32-2)14-19(21)24-20-9-5-10-29(20)11-6-12-30(24)16-17-7-4-8-18(13-17)25(26,27)28/h4-5,7-10,13-15,24H,6,11-12,16H2,1-3H3/t24-/m1/s1. The molecular weight excluding hydrogens is 433 g/mol. The van der Waals surface area contributed by atoms with Crippen LogP contribution in [-0.4, -0.2) is 37.3 Å². The number of hydrogen-bond acceptors (Lipinski definition) is 4. The number of alkyl halides is 3. The zero-order chi connectivity index (χ0) is 23.6. The lowest BCUT2D eigenvalue weighted by Gasteiger charge is -2.32. The summed E-state index contributed by atoms with van der Waals surface area (Å²) in [6, 6.07) is 13.0. The first-order chi connectivity index (χ1) is 15.9. The Morgan fingerprint density at radius 2 is 1.61 bits per heavy atom. The van der Waals surface area contributed by atoms with Crippen LogP contribution in [0.1, 0.15) is 34.8 Å². The van der Waals surface area contributed by atoms with E-state index in [0.29, 0.717) is 35.9 Å². The van der Waals surface area contributed by atoms with Crippen LogP contribution in [-0.2, 0) is 19.3 Å². The van der Waals surface area contributed by atoms with Crippen LogP contribution in [0.4, 0.5) is 13.2 Å². The maximum absolute atomic E-state index is 13.3. The van der Waals surface area contributed by atoms with Gasteiger partial charge in [0.05, 0.1) is 32.9 Å². The number of hydrogen-bond donors (Lipinski definition) is 0. The van der Waals surface area contributed by atoms with Crippen molar-refractivity contribution >= 4 is 0 Å². The fraction of sp³-hybridized carbons (Fsp3) is 0.360. The van der Waals surface area contributed by atoms with Crippen molar-refractivity contribution in [3.63, 3.8) is 0 Å². The van der Waals surface area contributed by atoms with E-state index in [1.54, 1.807) is 33.5 Å². The average Bonchev–Trinajstić information content (AvgIpc) is 3.19. The minimum atomic E-state index is -4.38. The second-order valence-corrected chi connectivity index (χ2v) is 8.00. The van der Waals surface area contributed by atoms with Gasteiger partial charge in [-0.3, -0.25) is 4.90 Å². The highest BCUT2D eigenvalue weighted by molar-refractivity contribution is 5.53. The Balaban J connectivity index is 1.81. The Hall–Kier alpha value is -3.13. The molecule has 0 saturated carbocycles. The molecule has 8 heteroatoms. The molecular formula is C25H27F3N2O3. The van der Waals surface area contributed by atoms with Crippen molar-refractivity contribution in [2.24, 2.45) is 0 Å². The Morgan fingerprint density at radius 3 is 2.30 bits per heavy atom. The number of ether oxygens (including phenoxy) is 3. The molecule has 0 amide bonds. The smallest absolute Gasteiger partial charge is 0.416 e. The zero-order valence-electron chi connectivity index (χ0n) is 18.9. The largest absolute Gasteiger partial charge is 0.496 e. The van der Waals surface area contributed by atoms with Gasteiger partial charge in [0.1, 0.15) is 5.75 Å². The highest BCUT2D eigenvalue weighted by atomic mass is 19.4. The molecule has 0 spiro atoms. The SMILES string of the molecule is COc1cc(OC)c([C@@H]2c3cccn3CCCN2Cc2cccc(C(F)(F)F)c2)cc1OC. The zero-order valence-corrected chi connectivity index (χ0v) is 18.9. The molecule has 33 heavy (non-hydrogen) atoms. The predicted octanol–water partition coefficient (Wildman–Crippen LogP) is 5.53. The summed E-state index contributed by atoms with van der Waals surface area (Å²) in [7, 11) is 4.73. The van der Waals surface area contributed by atoms with Gasteiger partial charge in [-0.05, 0) is 36.2 Å². The molecule has 2 aromatic carbocycles. The number of halogens is 3. The molecule has 0 radical (unpaired) electrons. The molecule has 0 N–H and O–H groups in total. The topological polar surface area (TPSA) is 35.9 Å². The van der Waals surface area contributed by atoms with Crippen LogP contribution < -0.4 is 14.2 Å². The minimum absolute atomic E-state index is 0.244. The number of methoxy groups -OCH3 is 3. The molecule has 0 unspecified atom stereocenters. The highest BCUT2D eigenvalue weighted by Crippen LogP contribution is 2.43. The quantitative estimate of drug-likeness (QED) is 0.485. The summed E-state index contributed by atoms with van der Waals surface area (Å²) in [4.78, 5) is 2.19. The van der Waals surface area contributed by atoms with Crippen molar-refractivity contribution in [3.8, 4) is 17.2 Å². The second-order valence-electron chi connectivity index (χ2n) is 8.00. The molecule has 0 aliphatic carbocycles. The van der Waals surface area contributed by atoms with Gasteiger partial charge in [0.15, 0.2) is 11.5 Å². The van der Waals surface area contributed by atoms with Crippen LogP contribution in [0.3, 0.4) is 0 Å². The lowest BCUT2D eigenvalue weighted by Crippen LogP contribution is -2.30. The van der Waals surface area contributed by atoms with E-state index in [1.807, 2.05) is 24.4 Å². The van der Waals surface area contributed by atoms with Crippen LogP contribution >= 0.6 is 0 Å². The number of aryl methyl sites for hydroxylation is 1. The molecule has 1 aromatic heterocycles. The molecule has 1 aliphatic heterocycles. The van der Waals surface area contributed by atoms with E-state index < -0.39 is 11.7 Å². The molecule has 176 valence electrons. The molecule has 3 aromatic rings. The van der Waals surface area contributed by atoms with Crippen LogP contribution in [0.25, 0.3) is 0 Å². The summed E-state index contributed by atoms with van der Waals surface area (Å²) in [5, 5.41) is 0. The van der Waals surface area contributed by atoms with Gasteiger partial charge in [-0.1, -0.05) is 18.2 Å². The van der Waals surface area contributed by atoms with E-state index in [0.717, 1.165) is 30.3 Å². The van der Waals surface area contributed by atoms with Crippen LogP contribution in [0.2, 0.25) is 0 Å². The number of rotatable bonds is 6. The van der Waals surface area contributed by atoms with Crippen molar-refractivity contribution in [1.29, 1.82) is 0 Å². The predicted molar refractivity (Wildman–Crippen MR) is 119 cm³/mol. The Morgan fingerprint density at radius 1 is 0.879 bits per heavy atom. The third-order valence-electron chi connectivity index (χ3n) is 6.02. The molecule has 0 saturated heterocycles. The fourth-order valence-corrected chi connectivity index (χ4v) is 4.51. The third-order valence-corrected chi connectivity index (χ3v) is 6.02. The first-order valence-electron chi connectivity index (χ1n) is 10.7. The summed E-state index contributed by atoms with van der Waals surface area (Å²) in [6.45, 7) is 1.89. The van der Waals surface area contributed by atoms with E-state index in [9.17, 15) is 13.2 Å². The van der Waals surface area contributed by atoms with Crippen molar-refractivity contribution in [3.05, 3.63) is 77.1 Å². The second kappa shape index (κ2) is 9.39. The number of benzene rings is 2. The molecule has 1 aliphatic rings. The fourth-order valence-electron chi connectivity index (χ4n) is 4.51. The molecule has 2 heterocycles. The minimum Gasteiger partial charge on any atom is -0.496 e. The van der Waals surface area contributed by atoms with E-state index in [2.05, 4.69) is 9.47 Å². The van der Waals surface area contributed by atoms with Gasteiger partial charge in [0.25, 0.3) is 0 Å². The Bertz CT molecular complexity index is 1110. The summed E-state index contributed by atoms with van der Waals surface area (Å²) < 4.78 is 58.8. The summed E-state index contributed by atoms with van der Waals surface area (Å²) in [6.07, 6.45) is -1.48. The van der Waals surface area contributed by atoms with Gasteiger partial charge in [0, 0.05) is 43.2 Å². The maximum Gasteiger partial charge on any atom is 0.416 e. The van der Waals surface area contributed by atoms with Crippen LogP contribution in [0.5, 0.6) is 17.2 Å². The van der Waals surface area contributed by atoms with Gasteiger partial charge >= 0.3 is 6.18 Å². The van der Waals surface area contributed by atoms with Gasteiger partial charge in [-0.2, -0.15) is 13.2 Å². The van der Waals surface area contributed by atoms with E-state index in [1.165, 1.54) is 12.1 Å². The average molecular weight is 460 g/mol. The van der Waals surface area contributed by atoms with E-state index in [4.69, 9.17) is 14.2 Å². The highest BCUT2D eigenvalue weighted by Gasteiger charge is 2.33. The lowest BCUT2D eigenvalue weighted by molar-refractivity contribution is -0.137. The van der Waals surface area contributed by atoms with Gasteiger partial charge in [-0.15, -0.1) is 0 Å². The molecule has 1 atom stereocenters. The molecule has 4 rings (SSSR count). The first-order valence-corrected chi connectivity index (χ1v) is 10.7. The van der Waals surface area contributed by atoms with E-state index >= 15 is 0 Å². The Kier molecular flexibility index (Phi) is 6.56. The first kappa shape index (κ1) is 23.0. The summed E-state index contributed by atoms with van der Waals surface area (Å²) >= 11 is 0. The third kappa shape index (κ3) is 4.66. The molecule has 0 fully saturated rings. The van der Waals surface area contributed by atoms with Gasteiger partial charge < -0.3 is 18.8 Å². The summed E-state index contributed by atoms with van der Waals surface area (Å²) in [5.74, 6) is 1.74. The number of nitrogens with zero attached hydrogens (tertiary/aromatic N) is 2. The number of fused-ring (bicyclic) bond motifs is 1. The lowest BCUT2D eigenvalue weighted by atomic mass is 9.98. The normalized spacial score (nSPS) is 16.7. The van der Waals surface area contributed by atoms with Crippen LogP contribution in [0, 0.1) is 0 Å². The summed E-state index contributed by atoms with van der Waals surface area (Å²) in [5.41, 5.74) is 1.88. The molecule has 5 nitrogen and oxygen atoms in total. The molecule has 0 bridgehead atoms. The van der Waals surface area contributed by atoms with Crippen LogP contribution in [0.15, 0.2) is 54.7 Å². The Labute approximate surface area is 191 Å². The van der Waals surface area contributed by atoms with Gasteiger partial charge in [0.2, 0.25) is 0 Å². The van der Waals surface area contributed by atoms with Crippen molar-refractivity contribution in [1.82, 2.24) is 9.47 Å².